The van der Waals surface area contributed by atoms with Crippen molar-refractivity contribution in [1.82, 2.24) is 9.78 Å². The lowest BCUT2D eigenvalue weighted by Crippen LogP contribution is -2.29. The van der Waals surface area contributed by atoms with E-state index in [1.54, 1.807) is 25.8 Å². The van der Waals surface area contributed by atoms with Crippen molar-refractivity contribution in [3.63, 3.8) is 0 Å². The van der Waals surface area contributed by atoms with Gasteiger partial charge in [-0.05, 0) is 26.0 Å². The van der Waals surface area contributed by atoms with Gasteiger partial charge in [-0.1, -0.05) is 12.1 Å². The fourth-order valence-corrected chi connectivity index (χ4v) is 2.22. The first kappa shape index (κ1) is 14.9. The highest BCUT2D eigenvalue weighted by Crippen LogP contribution is 2.29. The number of hydrogen-bond donors (Lipinski definition) is 1. The number of methoxy groups -OCH3 is 1. The Balaban J connectivity index is 2.45. The summed E-state index contributed by atoms with van der Waals surface area (Å²) in [6.07, 6.45) is 0. The molecule has 2 rings (SSSR count). The Labute approximate surface area is 124 Å². The number of nitrogens with two attached hydrogens (primary N) is 1. The molecule has 0 aliphatic heterocycles. The molecule has 2 aromatic rings. The first-order chi connectivity index (χ1) is 10.0. The third kappa shape index (κ3) is 2.56. The number of carbonyl (C=O) groups excluding carboxylic acids is 1. The van der Waals surface area contributed by atoms with Crippen molar-refractivity contribution in [2.24, 2.45) is 0 Å². The van der Waals surface area contributed by atoms with Crippen LogP contribution in [0, 0.1) is 6.92 Å². The van der Waals surface area contributed by atoms with Crippen molar-refractivity contribution in [3.05, 3.63) is 35.7 Å². The van der Waals surface area contributed by atoms with Gasteiger partial charge in [0.05, 0.1) is 24.2 Å². The zero-order valence-electron chi connectivity index (χ0n) is 12.8. The lowest BCUT2D eigenvalue weighted by molar-refractivity contribution is 0.0983. The molecule has 0 atom stereocenters. The molecule has 1 amide bonds. The second kappa shape index (κ2) is 5.87. The van der Waals surface area contributed by atoms with Crippen LogP contribution < -0.4 is 15.4 Å². The van der Waals surface area contributed by atoms with Crippen molar-refractivity contribution in [1.29, 1.82) is 0 Å². The minimum Gasteiger partial charge on any atom is -0.495 e. The largest absolute Gasteiger partial charge is 0.495 e. The summed E-state index contributed by atoms with van der Waals surface area (Å²) in [4.78, 5) is 14.3. The molecule has 21 heavy (non-hydrogen) atoms. The van der Waals surface area contributed by atoms with Gasteiger partial charge in [0.2, 0.25) is 0 Å². The van der Waals surface area contributed by atoms with Crippen molar-refractivity contribution in [2.75, 3.05) is 24.8 Å². The molecule has 6 nitrogen and oxygen atoms in total. The molecule has 1 aromatic carbocycles. The monoisotopic (exact) mass is 288 g/mol. The Kier molecular flexibility index (Phi) is 4.16. The van der Waals surface area contributed by atoms with Gasteiger partial charge in [-0.3, -0.25) is 9.48 Å². The zero-order valence-corrected chi connectivity index (χ0v) is 12.8. The number of hydrogen-bond acceptors (Lipinski definition) is 4. The number of carbonyl (C=O) groups is 1. The predicted octanol–water partition coefficient (Wildman–Crippen LogP) is 2.08. The standard InChI is InChI=1S/C15H20N4O2/c1-5-19-14(13(16)10(2)17-19)15(20)18(3)11-8-6-7-9-12(11)21-4/h6-9H,5,16H2,1-4H3. The van der Waals surface area contributed by atoms with Crippen LogP contribution in [0.3, 0.4) is 0 Å². The van der Waals surface area contributed by atoms with Crippen molar-refractivity contribution in [2.45, 2.75) is 20.4 Å². The number of aryl methyl sites for hydroxylation is 2. The number of benzene rings is 1. The molecule has 6 heteroatoms. The maximum absolute atomic E-state index is 12.8. The average Bonchev–Trinajstić information content (AvgIpc) is 2.80. The molecule has 0 aliphatic rings. The number of aromatic nitrogens is 2. The van der Waals surface area contributed by atoms with Crippen molar-refractivity contribution >= 4 is 17.3 Å². The van der Waals surface area contributed by atoms with Crippen LogP contribution in [-0.2, 0) is 6.54 Å². The number of nitrogen functional groups attached to an aromatic ring is 1. The number of anilines is 2. The smallest absolute Gasteiger partial charge is 0.278 e. The van der Waals surface area contributed by atoms with Gasteiger partial charge in [-0.2, -0.15) is 5.10 Å². The predicted molar refractivity (Wildman–Crippen MR) is 82.8 cm³/mol. The molecular formula is C15H20N4O2. The molecular weight excluding hydrogens is 268 g/mol. The molecule has 0 aliphatic carbocycles. The first-order valence-electron chi connectivity index (χ1n) is 6.75. The Hall–Kier alpha value is -2.50. The van der Waals surface area contributed by atoms with Gasteiger partial charge in [-0.25, -0.2) is 0 Å². The quantitative estimate of drug-likeness (QED) is 0.934. The van der Waals surface area contributed by atoms with Crippen LogP contribution in [0.15, 0.2) is 24.3 Å². The van der Waals surface area contributed by atoms with E-state index < -0.39 is 0 Å². The van der Waals surface area contributed by atoms with Crippen LogP contribution in [0.4, 0.5) is 11.4 Å². The third-order valence-corrected chi connectivity index (χ3v) is 3.43. The topological polar surface area (TPSA) is 73.4 Å². The summed E-state index contributed by atoms with van der Waals surface area (Å²) in [6, 6.07) is 7.35. The van der Waals surface area contributed by atoms with Crippen LogP contribution in [0.25, 0.3) is 0 Å². The van der Waals surface area contributed by atoms with E-state index in [4.69, 9.17) is 10.5 Å². The van der Waals surface area contributed by atoms with Gasteiger partial charge in [0.1, 0.15) is 11.4 Å². The fourth-order valence-electron chi connectivity index (χ4n) is 2.22. The molecule has 1 heterocycles. The summed E-state index contributed by atoms with van der Waals surface area (Å²) in [5.74, 6) is 0.422. The Morgan fingerprint density at radius 3 is 2.71 bits per heavy atom. The maximum atomic E-state index is 12.8. The average molecular weight is 288 g/mol. The summed E-state index contributed by atoms with van der Waals surface area (Å²) in [7, 11) is 3.27. The van der Waals surface area contributed by atoms with Crippen molar-refractivity contribution in [3.8, 4) is 5.75 Å². The SMILES string of the molecule is CCn1nc(C)c(N)c1C(=O)N(C)c1ccccc1OC. The normalized spacial score (nSPS) is 10.5. The first-order valence-corrected chi connectivity index (χ1v) is 6.75. The molecule has 0 spiro atoms. The van der Waals surface area contributed by atoms with E-state index in [0.29, 0.717) is 35.1 Å². The molecule has 112 valence electrons. The lowest BCUT2D eigenvalue weighted by Gasteiger charge is -2.20. The highest BCUT2D eigenvalue weighted by Gasteiger charge is 2.24. The number of nitrogens with zero attached hydrogens (tertiary/aromatic N) is 3. The highest BCUT2D eigenvalue weighted by atomic mass is 16.5. The van der Waals surface area contributed by atoms with E-state index in [1.807, 2.05) is 31.2 Å². The summed E-state index contributed by atoms with van der Waals surface area (Å²) >= 11 is 0. The van der Waals surface area contributed by atoms with E-state index in [0.717, 1.165) is 0 Å². The van der Waals surface area contributed by atoms with Crippen LogP contribution in [0.1, 0.15) is 23.1 Å². The molecule has 1 aromatic heterocycles. The second-order valence-corrected chi connectivity index (χ2v) is 4.70. The molecule has 2 N–H and O–H groups in total. The minimum atomic E-state index is -0.209. The summed E-state index contributed by atoms with van der Waals surface area (Å²) in [5.41, 5.74) is 8.18. The van der Waals surface area contributed by atoms with Gasteiger partial charge in [0, 0.05) is 13.6 Å². The van der Waals surface area contributed by atoms with Crippen LogP contribution >= 0.6 is 0 Å². The molecule has 0 saturated carbocycles. The summed E-state index contributed by atoms with van der Waals surface area (Å²) in [5, 5.41) is 4.28. The van der Waals surface area contributed by atoms with Crippen LogP contribution in [0.2, 0.25) is 0 Å². The third-order valence-electron chi connectivity index (χ3n) is 3.43. The van der Waals surface area contributed by atoms with Gasteiger partial charge < -0.3 is 15.4 Å². The Bertz CT molecular complexity index is 664. The Morgan fingerprint density at radius 2 is 2.10 bits per heavy atom. The second-order valence-electron chi connectivity index (χ2n) is 4.70. The van der Waals surface area contributed by atoms with E-state index >= 15 is 0 Å². The van der Waals surface area contributed by atoms with Crippen LogP contribution in [-0.4, -0.2) is 29.8 Å². The molecule has 0 bridgehead atoms. The summed E-state index contributed by atoms with van der Waals surface area (Å²) in [6.45, 7) is 4.30. The lowest BCUT2D eigenvalue weighted by atomic mass is 10.2. The zero-order chi connectivity index (χ0) is 15.6. The Morgan fingerprint density at radius 1 is 1.43 bits per heavy atom. The van der Waals surface area contributed by atoms with Gasteiger partial charge in [0.25, 0.3) is 5.91 Å². The van der Waals surface area contributed by atoms with Crippen molar-refractivity contribution < 1.29 is 9.53 Å². The number of para-hydroxylation sites is 2. The van der Waals surface area contributed by atoms with Gasteiger partial charge in [0.15, 0.2) is 0 Å². The fraction of sp³-hybridized carbons (Fsp3) is 0.333. The highest BCUT2D eigenvalue weighted by molar-refractivity contribution is 6.08. The molecule has 0 saturated heterocycles. The van der Waals surface area contributed by atoms with E-state index in [9.17, 15) is 4.79 Å². The molecule has 0 radical (unpaired) electrons. The van der Waals surface area contributed by atoms with Gasteiger partial charge >= 0.3 is 0 Å². The van der Waals surface area contributed by atoms with E-state index in [1.165, 1.54) is 4.90 Å². The van der Waals surface area contributed by atoms with Gasteiger partial charge in [-0.15, -0.1) is 0 Å². The number of ether oxygens (including phenoxy) is 1. The van der Waals surface area contributed by atoms with E-state index in [-0.39, 0.29) is 5.91 Å². The number of amides is 1. The number of rotatable bonds is 4. The van der Waals surface area contributed by atoms with Crippen LogP contribution in [0.5, 0.6) is 5.75 Å². The summed E-state index contributed by atoms with van der Waals surface area (Å²) < 4.78 is 6.92. The molecule has 0 unspecified atom stereocenters. The van der Waals surface area contributed by atoms with E-state index in [2.05, 4.69) is 5.10 Å². The maximum Gasteiger partial charge on any atom is 0.278 e. The molecule has 0 fully saturated rings. The minimum absolute atomic E-state index is 0.209.